The quantitative estimate of drug-likeness (QED) is 0.788. The minimum absolute atomic E-state index is 0.548. The highest BCUT2D eigenvalue weighted by atomic mass is 79.9. The van der Waals surface area contributed by atoms with E-state index in [1.54, 1.807) is 0 Å². The average molecular weight is 302 g/mol. The monoisotopic (exact) mass is 301 g/mol. The third-order valence-electron chi connectivity index (χ3n) is 2.92. The van der Waals surface area contributed by atoms with E-state index < -0.39 is 0 Å². The SMILES string of the molecule is Nc1nc2cc(Br)ccc2n1Cc1ccccc1. The van der Waals surface area contributed by atoms with E-state index >= 15 is 0 Å². The maximum absolute atomic E-state index is 5.99. The molecule has 0 saturated carbocycles. The van der Waals surface area contributed by atoms with Crippen molar-refractivity contribution in [2.45, 2.75) is 6.54 Å². The van der Waals surface area contributed by atoms with Gasteiger partial charge in [0.15, 0.2) is 0 Å². The van der Waals surface area contributed by atoms with Crippen LogP contribution >= 0.6 is 15.9 Å². The van der Waals surface area contributed by atoms with E-state index in [1.807, 2.05) is 41.0 Å². The van der Waals surface area contributed by atoms with Crippen LogP contribution < -0.4 is 5.73 Å². The number of hydrogen-bond donors (Lipinski definition) is 1. The summed E-state index contributed by atoms with van der Waals surface area (Å²) in [6.45, 7) is 0.741. The van der Waals surface area contributed by atoms with Gasteiger partial charge in [-0.15, -0.1) is 0 Å². The number of rotatable bonds is 2. The van der Waals surface area contributed by atoms with Crippen LogP contribution in [-0.2, 0) is 6.54 Å². The lowest BCUT2D eigenvalue weighted by Crippen LogP contribution is -2.04. The Bertz CT molecular complexity index is 689. The molecule has 2 N–H and O–H groups in total. The number of halogens is 1. The predicted octanol–water partition coefficient (Wildman–Crippen LogP) is 3.43. The molecule has 0 spiro atoms. The second-order valence-electron chi connectivity index (χ2n) is 4.17. The van der Waals surface area contributed by atoms with E-state index in [0.717, 1.165) is 22.1 Å². The van der Waals surface area contributed by atoms with E-state index in [-0.39, 0.29) is 0 Å². The summed E-state index contributed by atoms with van der Waals surface area (Å²) in [6, 6.07) is 16.3. The van der Waals surface area contributed by atoms with Crippen LogP contribution in [0.5, 0.6) is 0 Å². The molecule has 0 fully saturated rings. The van der Waals surface area contributed by atoms with Gasteiger partial charge in [0.1, 0.15) is 0 Å². The van der Waals surface area contributed by atoms with E-state index in [4.69, 9.17) is 5.73 Å². The normalized spacial score (nSPS) is 10.9. The summed E-state index contributed by atoms with van der Waals surface area (Å²) >= 11 is 3.44. The number of hydrogen-bond acceptors (Lipinski definition) is 2. The smallest absolute Gasteiger partial charge is 0.201 e. The molecular weight excluding hydrogens is 290 g/mol. The number of nitrogen functional groups attached to an aromatic ring is 1. The van der Waals surface area contributed by atoms with Crippen molar-refractivity contribution < 1.29 is 0 Å². The first-order valence-electron chi connectivity index (χ1n) is 5.69. The Hall–Kier alpha value is -1.81. The zero-order valence-corrected chi connectivity index (χ0v) is 11.3. The number of aromatic nitrogens is 2. The van der Waals surface area contributed by atoms with Gasteiger partial charge < -0.3 is 10.3 Å². The molecule has 0 aliphatic carbocycles. The van der Waals surface area contributed by atoms with Crippen LogP contribution in [-0.4, -0.2) is 9.55 Å². The zero-order chi connectivity index (χ0) is 12.5. The lowest BCUT2D eigenvalue weighted by Gasteiger charge is -2.06. The molecule has 1 aromatic heterocycles. The molecule has 3 rings (SSSR count). The van der Waals surface area contributed by atoms with Crippen molar-refractivity contribution in [2.75, 3.05) is 5.73 Å². The van der Waals surface area contributed by atoms with Gasteiger partial charge in [0.2, 0.25) is 5.95 Å². The van der Waals surface area contributed by atoms with Gasteiger partial charge >= 0.3 is 0 Å². The summed E-state index contributed by atoms with van der Waals surface area (Å²) < 4.78 is 3.04. The van der Waals surface area contributed by atoms with Crippen LogP contribution in [0.2, 0.25) is 0 Å². The van der Waals surface area contributed by atoms with Crippen LogP contribution in [0.4, 0.5) is 5.95 Å². The van der Waals surface area contributed by atoms with Crippen LogP contribution in [0.25, 0.3) is 11.0 Å². The van der Waals surface area contributed by atoms with Gasteiger partial charge in [0.25, 0.3) is 0 Å². The fourth-order valence-electron chi connectivity index (χ4n) is 2.05. The van der Waals surface area contributed by atoms with Gasteiger partial charge in [-0.05, 0) is 23.8 Å². The number of fused-ring (bicyclic) bond motifs is 1. The topological polar surface area (TPSA) is 43.8 Å². The number of benzene rings is 2. The van der Waals surface area contributed by atoms with Crippen LogP contribution in [0.1, 0.15) is 5.56 Å². The number of imidazole rings is 1. The Balaban J connectivity index is 2.09. The van der Waals surface area contributed by atoms with Crippen molar-refractivity contribution in [3.8, 4) is 0 Å². The Morgan fingerprint density at radius 3 is 2.67 bits per heavy atom. The van der Waals surface area contributed by atoms with Crippen molar-refractivity contribution in [3.05, 3.63) is 58.6 Å². The van der Waals surface area contributed by atoms with Crippen LogP contribution in [0.3, 0.4) is 0 Å². The third-order valence-corrected chi connectivity index (χ3v) is 3.42. The van der Waals surface area contributed by atoms with Gasteiger partial charge in [-0.1, -0.05) is 46.3 Å². The van der Waals surface area contributed by atoms with E-state index in [1.165, 1.54) is 5.56 Å². The fraction of sp³-hybridized carbons (Fsp3) is 0.0714. The van der Waals surface area contributed by atoms with Crippen molar-refractivity contribution in [3.63, 3.8) is 0 Å². The molecule has 0 unspecified atom stereocenters. The van der Waals surface area contributed by atoms with Gasteiger partial charge in [-0.2, -0.15) is 0 Å². The first-order chi connectivity index (χ1) is 8.74. The maximum atomic E-state index is 5.99. The van der Waals surface area contributed by atoms with Crippen molar-refractivity contribution in [1.29, 1.82) is 0 Å². The Morgan fingerprint density at radius 1 is 1.11 bits per heavy atom. The average Bonchev–Trinajstić information content (AvgIpc) is 2.66. The van der Waals surface area contributed by atoms with Crippen molar-refractivity contribution in [2.24, 2.45) is 0 Å². The third kappa shape index (κ3) is 1.99. The molecule has 0 bridgehead atoms. The zero-order valence-electron chi connectivity index (χ0n) is 9.68. The summed E-state index contributed by atoms with van der Waals surface area (Å²) in [4.78, 5) is 4.38. The molecule has 0 aliphatic rings. The molecule has 4 heteroatoms. The molecule has 3 aromatic rings. The van der Waals surface area contributed by atoms with E-state index in [9.17, 15) is 0 Å². The highest BCUT2D eigenvalue weighted by molar-refractivity contribution is 9.10. The van der Waals surface area contributed by atoms with Crippen molar-refractivity contribution >= 4 is 32.9 Å². The lowest BCUT2D eigenvalue weighted by molar-refractivity contribution is 0.838. The minimum atomic E-state index is 0.548. The molecule has 3 nitrogen and oxygen atoms in total. The number of nitrogens with two attached hydrogens (primary N) is 1. The maximum Gasteiger partial charge on any atom is 0.201 e. The molecule has 0 aliphatic heterocycles. The summed E-state index contributed by atoms with van der Waals surface area (Å²) in [7, 11) is 0. The largest absolute Gasteiger partial charge is 0.369 e. The Labute approximate surface area is 113 Å². The minimum Gasteiger partial charge on any atom is -0.369 e. The van der Waals surface area contributed by atoms with Crippen LogP contribution in [0.15, 0.2) is 53.0 Å². The highest BCUT2D eigenvalue weighted by Crippen LogP contribution is 2.22. The second kappa shape index (κ2) is 4.46. The standard InChI is InChI=1S/C14H12BrN3/c15-11-6-7-13-12(8-11)17-14(16)18(13)9-10-4-2-1-3-5-10/h1-8H,9H2,(H2,16,17). The summed E-state index contributed by atoms with van der Waals surface area (Å²) in [6.07, 6.45) is 0. The summed E-state index contributed by atoms with van der Waals surface area (Å²) in [5, 5.41) is 0. The molecule has 18 heavy (non-hydrogen) atoms. The van der Waals surface area contributed by atoms with E-state index in [0.29, 0.717) is 5.95 Å². The molecule has 0 amide bonds. The first-order valence-corrected chi connectivity index (χ1v) is 6.48. The van der Waals surface area contributed by atoms with Crippen molar-refractivity contribution in [1.82, 2.24) is 9.55 Å². The lowest BCUT2D eigenvalue weighted by atomic mass is 10.2. The molecule has 0 radical (unpaired) electrons. The Morgan fingerprint density at radius 2 is 1.89 bits per heavy atom. The molecule has 0 saturated heterocycles. The number of nitrogens with zero attached hydrogens (tertiary/aromatic N) is 2. The summed E-state index contributed by atoms with van der Waals surface area (Å²) in [5.74, 6) is 0.548. The molecule has 2 aromatic carbocycles. The summed E-state index contributed by atoms with van der Waals surface area (Å²) in [5.41, 5.74) is 9.17. The van der Waals surface area contributed by atoms with Crippen LogP contribution in [0, 0.1) is 0 Å². The van der Waals surface area contributed by atoms with Gasteiger partial charge in [0.05, 0.1) is 17.6 Å². The second-order valence-corrected chi connectivity index (χ2v) is 5.09. The molecule has 1 heterocycles. The first kappa shape index (κ1) is 11.3. The van der Waals surface area contributed by atoms with Gasteiger partial charge in [0, 0.05) is 4.47 Å². The molecule has 90 valence electrons. The number of anilines is 1. The van der Waals surface area contributed by atoms with Gasteiger partial charge in [-0.3, -0.25) is 0 Å². The predicted molar refractivity (Wildman–Crippen MR) is 77.4 cm³/mol. The molecule has 0 atom stereocenters. The van der Waals surface area contributed by atoms with Gasteiger partial charge in [-0.25, -0.2) is 4.98 Å². The highest BCUT2D eigenvalue weighted by Gasteiger charge is 2.08. The Kier molecular flexibility index (Phi) is 2.80. The van der Waals surface area contributed by atoms with E-state index in [2.05, 4.69) is 33.0 Å². The molecular formula is C14H12BrN3. The fourth-order valence-corrected chi connectivity index (χ4v) is 2.40.